The zero-order valence-corrected chi connectivity index (χ0v) is 9.76. The van der Waals surface area contributed by atoms with E-state index in [-0.39, 0.29) is 11.7 Å². The summed E-state index contributed by atoms with van der Waals surface area (Å²) in [5.74, 6) is 0.402. The van der Waals surface area contributed by atoms with E-state index in [9.17, 15) is 9.90 Å². The predicted octanol–water partition coefficient (Wildman–Crippen LogP) is 1.18. The Bertz CT molecular complexity index is 386. The second-order valence-corrected chi connectivity index (χ2v) is 4.12. The molecule has 1 aromatic carbocycles. The average Bonchev–Trinajstić information content (AvgIpc) is 2.38. The van der Waals surface area contributed by atoms with E-state index in [1.807, 2.05) is 17.0 Å². The molecule has 0 aliphatic carbocycles. The number of hydrogen-bond acceptors (Lipinski definition) is 3. The summed E-state index contributed by atoms with van der Waals surface area (Å²) in [6, 6.07) is 7.15. The van der Waals surface area contributed by atoms with Crippen molar-refractivity contribution in [3.63, 3.8) is 0 Å². The maximum atomic E-state index is 11.9. The first-order chi connectivity index (χ1) is 8.27. The first kappa shape index (κ1) is 11.9. The molecule has 0 spiro atoms. The molecule has 1 aliphatic rings. The highest BCUT2D eigenvalue weighted by atomic mass is 16.5. The van der Waals surface area contributed by atoms with Crippen molar-refractivity contribution in [1.29, 1.82) is 0 Å². The number of carbonyl (C=O) groups excluding carboxylic acids is 1. The molecule has 0 radical (unpaired) electrons. The lowest BCUT2D eigenvalue weighted by Gasteiger charge is -2.26. The summed E-state index contributed by atoms with van der Waals surface area (Å²) in [5, 5.41) is 9.59. The molecule has 0 atom stereocenters. The highest BCUT2D eigenvalue weighted by molar-refractivity contribution is 5.76. The van der Waals surface area contributed by atoms with Crippen LogP contribution in [0.15, 0.2) is 24.3 Å². The fourth-order valence-electron chi connectivity index (χ4n) is 1.93. The maximum Gasteiger partial charge on any atom is 0.223 e. The number of carbonyl (C=O) groups is 1. The fraction of sp³-hybridized carbons (Fsp3) is 0.462. The summed E-state index contributed by atoms with van der Waals surface area (Å²) in [4.78, 5) is 13.7. The van der Waals surface area contributed by atoms with Gasteiger partial charge in [-0.2, -0.15) is 0 Å². The van der Waals surface area contributed by atoms with Crippen molar-refractivity contribution >= 4 is 5.91 Å². The normalized spacial score (nSPS) is 15.9. The Balaban J connectivity index is 1.85. The molecule has 1 heterocycles. The number of morpholine rings is 1. The van der Waals surface area contributed by atoms with Crippen molar-refractivity contribution in [1.82, 2.24) is 4.90 Å². The van der Waals surface area contributed by atoms with Gasteiger partial charge in [0.2, 0.25) is 5.91 Å². The quantitative estimate of drug-likeness (QED) is 0.856. The monoisotopic (exact) mass is 235 g/mol. The van der Waals surface area contributed by atoms with Crippen molar-refractivity contribution in [2.24, 2.45) is 0 Å². The van der Waals surface area contributed by atoms with Gasteiger partial charge in [0.25, 0.3) is 0 Å². The Kier molecular flexibility index (Phi) is 3.98. The van der Waals surface area contributed by atoms with Gasteiger partial charge in [-0.3, -0.25) is 4.79 Å². The van der Waals surface area contributed by atoms with E-state index in [0.29, 0.717) is 39.1 Å². The molecule has 0 saturated carbocycles. The van der Waals surface area contributed by atoms with Gasteiger partial charge in [-0.15, -0.1) is 0 Å². The van der Waals surface area contributed by atoms with E-state index in [2.05, 4.69) is 0 Å². The summed E-state index contributed by atoms with van der Waals surface area (Å²) < 4.78 is 5.20. The SMILES string of the molecule is O=C(CCc1ccccc1O)N1CCOCC1. The minimum atomic E-state index is 0.136. The van der Waals surface area contributed by atoms with Gasteiger partial charge >= 0.3 is 0 Å². The number of benzene rings is 1. The molecule has 0 unspecified atom stereocenters. The summed E-state index contributed by atoms with van der Waals surface area (Å²) in [6.07, 6.45) is 1.03. The molecular weight excluding hydrogens is 218 g/mol. The Morgan fingerprint density at radius 3 is 2.71 bits per heavy atom. The Morgan fingerprint density at radius 2 is 2.00 bits per heavy atom. The van der Waals surface area contributed by atoms with Gasteiger partial charge in [0.05, 0.1) is 13.2 Å². The van der Waals surface area contributed by atoms with Crippen LogP contribution in [0.25, 0.3) is 0 Å². The van der Waals surface area contributed by atoms with Crippen molar-refractivity contribution in [2.75, 3.05) is 26.3 Å². The molecule has 1 amide bonds. The van der Waals surface area contributed by atoms with Gasteiger partial charge in [-0.05, 0) is 18.1 Å². The van der Waals surface area contributed by atoms with Gasteiger partial charge in [0.1, 0.15) is 5.75 Å². The van der Waals surface area contributed by atoms with Crippen LogP contribution < -0.4 is 0 Å². The molecule has 4 heteroatoms. The molecule has 1 N–H and O–H groups in total. The third-order valence-electron chi connectivity index (χ3n) is 2.96. The number of rotatable bonds is 3. The van der Waals surface area contributed by atoms with Gasteiger partial charge in [-0.1, -0.05) is 18.2 Å². The first-order valence-electron chi connectivity index (χ1n) is 5.90. The molecule has 0 bridgehead atoms. The number of amides is 1. The number of phenolic OH excluding ortho intramolecular Hbond substituents is 1. The summed E-state index contributed by atoms with van der Waals surface area (Å²) in [6.45, 7) is 2.61. The first-order valence-corrected chi connectivity index (χ1v) is 5.90. The molecular formula is C13H17NO3. The highest BCUT2D eigenvalue weighted by Crippen LogP contribution is 2.17. The Labute approximate surface area is 101 Å². The topological polar surface area (TPSA) is 49.8 Å². The van der Waals surface area contributed by atoms with Crippen LogP contribution in [0.5, 0.6) is 5.75 Å². The van der Waals surface area contributed by atoms with Crippen molar-refractivity contribution in [3.8, 4) is 5.75 Å². The fourth-order valence-corrected chi connectivity index (χ4v) is 1.93. The van der Waals surface area contributed by atoms with E-state index in [4.69, 9.17) is 4.74 Å². The number of para-hydroxylation sites is 1. The second kappa shape index (κ2) is 5.68. The standard InChI is InChI=1S/C13H17NO3/c15-12-4-2-1-3-11(12)5-6-13(16)14-7-9-17-10-8-14/h1-4,15H,5-10H2. The number of ether oxygens (including phenoxy) is 1. The van der Waals surface area contributed by atoms with Crippen LogP contribution in [0.1, 0.15) is 12.0 Å². The number of aromatic hydroxyl groups is 1. The van der Waals surface area contributed by atoms with Crippen LogP contribution in [-0.2, 0) is 16.0 Å². The third-order valence-corrected chi connectivity index (χ3v) is 2.96. The minimum absolute atomic E-state index is 0.136. The minimum Gasteiger partial charge on any atom is -0.508 e. The molecule has 1 saturated heterocycles. The molecule has 1 aromatic rings. The smallest absolute Gasteiger partial charge is 0.223 e. The second-order valence-electron chi connectivity index (χ2n) is 4.12. The lowest BCUT2D eigenvalue weighted by molar-refractivity contribution is -0.135. The number of nitrogens with zero attached hydrogens (tertiary/aromatic N) is 1. The van der Waals surface area contributed by atoms with Crippen LogP contribution in [-0.4, -0.2) is 42.2 Å². The highest BCUT2D eigenvalue weighted by Gasteiger charge is 2.16. The zero-order chi connectivity index (χ0) is 12.1. The van der Waals surface area contributed by atoms with Crippen LogP contribution in [0.4, 0.5) is 0 Å². The number of phenols is 1. The summed E-state index contributed by atoms with van der Waals surface area (Å²) >= 11 is 0. The molecule has 0 aromatic heterocycles. The van der Waals surface area contributed by atoms with E-state index in [0.717, 1.165) is 5.56 Å². The van der Waals surface area contributed by atoms with Crippen molar-refractivity contribution in [3.05, 3.63) is 29.8 Å². The van der Waals surface area contributed by atoms with Gasteiger partial charge in [0.15, 0.2) is 0 Å². The van der Waals surface area contributed by atoms with E-state index >= 15 is 0 Å². The van der Waals surface area contributed by atoms with Gasteiger partial charge < -0.3 is 14.7 Å². The lowest BCUT2D eigenvalue weighted by atomic mass is 10.1. The molecule has 1 fully saturated rings. The van der Waals surface area contributed by atoms with Crippen LogP contribution in [0.2, 0.25) is 0 Å². The third kappa shape index (κ3) is 3.20. The van der Waals surface area contributed by atoms with Crippen LogP contribution >= 0.6 is 0 Å². The summed E-state index contributed by atoms with van der Waals surface area (Å²) in [7, 11) is 0. The molecule has 4 nitrogen and oxygen atoms in total. The Hall–Kier alpha value is -1.55. The summed E-state index contributed by atoms with van der Waals surface area (Å²) in [5.41, 5.74) is 0.828. The number of hydrogen-bond donors (Lipinski definition) is 1. The van der Waals surface area contributed by atoms with Gasteiger partial charge in [-0.25, -0.2) is 0 Å². The average molecular weight is 235 g/mol. The van der Waals surface area contributed by atoms with Crippen molar-refractivity contribution in [2.45, 2.75) is 12.8 Å². The largest absolute Gasteiger partial charge is 0.508 e. The number of aryl methyl sites for hydroxylation is 1. The van der Waals surface area contributed by atoms with Gasteiger partial charge in [0, 0.05) is 19.5 Å². The van der Waals surface area contributed by atoms with Crippen molar-refractivity contribution < 1.29 is 14.6 Å². The Morgan fingerprint density at radius 1 is 1.29 bits per heavy atom. The van der Waals surface area contributed by atoms with E-state index in [1.54, 1.807) is 12.1 Å². The predicted molar refractivity (Wildman–Crippen MR) is 63.8 cm³/mol. The molecule has 2 rings (SSSR count). The van der Waals surface area contributed by atoms with E-state index in [1.165, 1.54) is 0 Å². The van der Waals surface area contributed by atoms with E-state index < -0.39 is 0 Å². The molecule has 1 aliphatic heterocycles. The lowest BCUT2D eigenvalue weighted by Crippen LogP contribution is -2.40. The van der Waals surface area contributed by atoms with Crippen LogP contribution in [0, 0.1) is 0 Å². The molecule has 92 valence electrons. The van der Waals surface area contributed by atoms with Crippen LogP contribution in [0.3, 0.4) is 0 Å². The maximum absolute atomic E-state index is 11.9. The molecule has 17 heavy (non-hydrogen) atoms. The zero-order valence-electron chi connectivity index (χ0n) is 9.76.